The van der Waals surface area contributed by atoms with E-state index in [4.69, 9.17) is 10.2 Å². The lowest BCUT2D eigenvalue weighted by Crippen LogP contribution is -2.22. The van der Waals surface area contributed by atoms with E-state index in [2.05, 4.69) is 0 Å². The van der Waals surface area contributed by atoms with Gasteiger partial charge in [-0.05, 0) is 6.42 Å². The minimum Gasteiger partial charge on any atom is -0.512 e. The third-order valence-corrected chi connectivity index (χ3v) is 1.78. The van der Waals surface area contributed by atoms with Gasteiger partial charge in [-0.2, -0.15) is 0 Å². The number of rotatable bonds is 1. The molecule has 0 saturated heterocycles. The van der Waals surface area contributed by atoms with E-state index in [0.29, 0.717) is 6.42 Å². The van der Waals surface area contributed by atoms with Gasteiger partial charge >= 0.3 is 0 Å². The first-order valence-electron chi connectivity index (χ1n) is 3.29. The molecular weight excluding hydrogens is 132 g/mol. The molecule has 2 atom stereocenters. The Morgan fingerprint density at radius 3 is 2.50 bits per heavy atom. The normalized spacial score (nSPS) is 32.6. The molecule has 0 radical (unpaired) electrons. The van der Waals surface area contributed by atoms with Crippen LogP contribution in [0.15, 0.2) is 11.8 Å². The van der Waals surface area contributed by atoms with E-state index < -0.39 is 6.10 Å². The maximum atomic E-state index is 10.7. The molecule has 0 aromatic rings. The van der Waals surface area contributed by atoms with Crippen molar-refractivity contribution < 1.29 is 15.0 Å². The van der Waals surface area contributed by atoms with Crippen molar-refractivity contribution in [3.63, 3.8) is 0 Å². The quantitative estimate of drug-likeness (QED) is 0.557. The number of hydrogen-bond acceptors (Lipinski definition) is 3. The molecule has 0 aliphatic heterocycles. The highest BCUT2D eigenvalue weighted by Crippen LogP contribution is 2.24. The predicted octanol–water partition coefficient (Wildman–Crippen LogP) is 0.398. The molecule has 3 heteroatoms. The molecule has 56 valence electrons. The van der Waals surface area contributed by atoms with Crippen LogP contribution < -0.4 is 0 Å². The van der Waals surface area contributed by atoms with Gasteiger partial charge in [0.2, 0.25) is 0 Å². The van der Waals surface area contributed by atoms with E-state index in [1.165, 1.54) is 0 Å². The maximum Gasteiger partial charge on any atom is 0.188 e. The van der Waals surface area contributed by atoms with Crippen LogP contribution in [0.2, 0.25) is 0 Å². The summed E-state index contributed by atoms with van der Waals surface area (Å²) in [6.07, 6.45) is 0.679. The first-order valence-corrected chi connectivity index (χ1v) is 3.29. The van der Waals surface area contributed by atoms with Gasteiger partial charge < -0.3 is 10.2 Å². The van der Waals surface area contributed by atoms with Gasteiger partial charge in [-0.3, -0.25) is 4.79 Å². The fraction of sp³-hybridized carbons (Fsp3) is 0.571. The van der Waals surface area contributed by atoms with E-state index in [0.717, 1.165) is 6.08 Å². The molecule has 0 heterocycles. The molecule has 1 aliphatic carbocycles. The van der Waals surface area contributed by atoms with Crippen molar-refractivity contribution >= 4 is 5.78 Å². The molecule has 0 aromatic carbocycles. The maximum absolute atomic E-state index is 10.7. The number of hydrogen-bond donors (Lipinski definition) is 2. The van der Waals surface area contributed by atoms with Crippen molar-refractivity contribution in [2.45, 2.75) is 19.4 Å². The lowest BCUT2D eigenvalue weighted by atomic mass is 10.0. The molecular formula is C7H10O3. The van der Waals surface area contributed by atoms with Crippen molar-refractivity contribution in [1.29, 1.82) is 0 Å². The minimum absolute atomic E-state index is 0.0139. The topological polar surface area (TPSA) is 57.5 Å². The first kappa shape index (κ1) is 7.28. The molecule has 3 nitrogen and oxygen atoms in total. The lowest BCUT2D eigenvalue weighted by molar-refractivity contribution is -0.122. The standard InChI is InChI=1S/C7H10O3/c1-2-4-5(8)3-6(9)7(4)10/h3-4,7-8,10H,2H2,1H3/t4-,7+/m1/s1. The summed E-state index contributed by atoms with van der Waals surface area (Å²) in [4.78, 5) is 10.7. The summed E-state index contributed by atoms with van der Waals surface area (Å²) in [5.74, 6) is -0.739. The Balaban J connectivity index is 2.77. The fourth-order valence-electron chi connectivity index (χ4n) is 1.13. The second-order valence-corrected chi connectivity index (χ2v) is 2.43. The van der Waals surface area contributed by atoms with E-state index in [-0.39, 0.29) is 17.5 Å². The van der Waals surface area contributed by atoms with E-state index in [9.17, 15) is 4.79 Å². The summed E-state index contributed by atoms with van der Waals surface area (Å²) in [5, 5.41) is 18.1. The van der Waals surface area contributed by atoms with Crippen LogP contribution in [0, 0.1) is 5.92 Å². The number of aliphatic hydroxyl groups excluding tert-OH is 2. The summed E-state index contributed by atoms with van der Waals surface area (Å²) in [6, 6.07) is 0. The molecule has 0 fully saturated rings. The summed E-state index contributed by atoms with van der Waals surface area (Å²) in [6.45, 7) is 1.82. The largest absolute Gasteiger partial charge is 0.512 e. The van der Waals surface area contributed by atoms with Crippen molar-refractivity contribution in [3.05, 3.63) is 11.8 Å². The zero-order valence-electron chi connectivity index (χ0n) is 5.74. The van der Waals surface area contributed by atoms with Gasteiger partial charge in [0.05, 0.1) is 0 Å². The molecule has 0 unspecified atom stereocenters. The molecule has 0 bridgehead atoms. The summed E-state index contributed by atoms with van der Waals surface area (Å²) in [5.41, 5.74) is 0. The number of carbonyl (C=O) groups excluding carboxylic acids is 1. The highest BCUT2D eigenvalue weighted by atomic mass is 16.3. The molecule has 1 rings (SSSR count). The second-order valence-electron chi connectivity index (χ2n) is 2.43. The highest BCUT2D eigenvalue weighted by molar-refractivity contribution is 5.96. The van der Waals surface area contributed by atoms with Gasteiger partial charge in [-0.25, -0.2) is 0 Å². The average molecular weight is 142 g/mol. The minimum atomic E-state index is -1.01. The van der Waals surface area contributed by atoms with E-state index in [1.807, 2.05) is 6.92 Å². The van der Waals surface area contributed by atoms with Crippen molar-refractivity contribution in [2.75, 3.05) is 0 Å². The Morgan fingerprint density at radius 2 is 2.30 bits per heavy atom. The van der Waals surface area contributed by atoms with Crippen LogP contribution in [-0.4, -0.2) is 22.1 Å². The predicted molar refractivity (Wildman–Crippen MR) is 35.5 cm³/mol. The molecule has 0 saturated carbocycles. The van der Waals surface area contributed by atoms with Gasteiger partial charge in [0, 0.05) is 12.0 Å². The Labute approximate surface area is 59.0 Å². The summed E-state index contributed by atoms with van der Waals surface area (Å²) in [7, 11) is 0. The van der Waals surface area contributed by atoms with Crippen LogP contribution in [0.4, 0.5) is 0 Å². The molecule has 0 spiro atoms. The van der Waals surface area contributed by atoms with Gasteiger partial charge in [0.15, 0.2) is 5.78 Å². The van der Waals surface area contributed by atoms with Gasteiger partial charge in [-0.1, -0.05) is 6.92 Å². The summed E-state index contributed by atoms with van der Waals surface area (Å²) < 4.78 is 0. The zero-order chi connectivity index (χ0) is 7.72. The number of ketones is 1. The monoisotopic (exact) mass is 142 g/mol. The molecule has 10 heavy (non-hydrogen) atoms. The van der Waals surface area contributed by atoms with Gasteiger partial charge in [0.1, 0.15) is 11.9 Å². The SMILES string of the molecule is CC[C@@H]1C(O)=CC(=O)[C@H]1O. The molecule has 0 aromatic heterocycles. The zero-order valence-corrected chi connectivity index (χ0v) is 5.74. The molecule has 0 amide bonds. The van der Waals surface area contributed by atoms with Crippen LogP contribution in [-0.2, 0) is 4.79 Å². The van der Waals surface area contributed by atoms with Crippen LogP contribution in [0.1, 0.15) is 13.3 Å². The lowest BCUT2D eigenvalue weighted by Gasteiger charge is -2.10. The van der Waals surface area contributed by atoms with E-state index in [1.54, 1.807) is 0 Å². The van der Waals surface area contributed by atoms with Gasteiger partial charge in [-0.15, -0.1) is 0 Å². The second kappa shape index (κ2) is 2.42. The third-order valence-electron chi connectivity index (χ3n) is 1.78. The van der Waals surface area contributed by atoms with Crippen molar-refractivity contribution in [2.24, 2.45) is 5.92 Å². The van der Waals surface area contributed by atoms with Crippen LogP contribution in [0.5, 0.6) is 0 Å². The van der Waals surface area contributed by atoms with Crippen molar-refractivity contribution in [1.82, 2.24) is 0 Å². The Kier molecular flexibility index (Phi) is 1.76. The molecule has 2 N–H and O–H groups in total. The molecule has 1 aliphatic rings. The fourth-order valence-corrected chi connectivity index (χ4v) is 1.13. The van der Waals surface area contributed by atoms with Crippen LogP contribution in [0.3, 0.4) is 0 Å². The number of carbonyl (C=O) groups is 1. The Bertz CT molecular complexity index is 183. The Hall–Kier alpha value is -0.830. The first-order chi connectivity index (χ1) is 4.66. The van der Waals surface area contributed by atoms with Gasteiger partial charge in [0.25, 0.3) is 0 Å². The Morgan fingerprint density at radius 1 is 1.70 bits per heavy atom. The smallest absolute Gasteiger partial charge is 0.188 e. The van der Waals surface area contributed by atoms with Crippen LogP contribution >= 0.6 is 0 Å². The van der Waals surface area contributed by atoms with Crippen molar-refractivity contribution in [3.8, 4) is 0 Å². The van der Waals surface area contributed by atoms with E-state index >= 15 is 0 Å². The summed E-state index contributed by atoms with van der Waals surface area (Å²) >= 11 is 0. The highest BCUT2D eigenvalue weighted by Gasteiger charge is 2.32. The third kappa shape index (κ3) is 0.926. The number of aliphatic hydroxyl groups is 2. The van der Waals surface area contributed by atoms with Crippen LogP contribution in [0.25, 0.3) is 0 Å². The average Bonchev–Trinajstić information content (AvgIpc) is 2.09.